The lowest BCUT2D eigenvalue weighted by Crippen LogP contribution is -2.28. The molecule has 3 rings (SSSR count). The summed E-state index contributed by atoms with van der Waals surface area (Å²) in [4.78, 5) is 12.6. The van der Waals surface area contributed by atoms with Gasteiger partial charge in [-0.2, -0.15) is 0 Å². The molecule has 2 aromatic carbocycles. The highest BCUT2D eigenvalue weighted by Crippen LogP contribution is 2.48. The van der Waals surface area contributed by atoms with E-state index in [0.717, 1.165) is 12.3 Å². The predicted octanol–water partition coefficient (Wildman–Crippen LogP) is 4.75. The highest BCUT2D eigenvalue weighted by atomic mass is 32.2. The standard InChI is InChI=1S/C23H27F3N2O3S/c1-12(13-6-7-20(17(24)8-13)28-32(5,30)31)27-22(29)16-11-15(16)14-9-18(25)21(19(26)10-14)23(2,3)4/h6-10,12,15-16,28H,11H2,1-5H3,(H,27,29). The van der Waals surface area contributed by atoms with Crippen molar-refractivity contribution >= 4 is 21.6 Å². The third-order valence-electron chi connectivity index (χ3n) is 5.52. The average molecular weight is 469 g/mol. The quantitative estimate of drug-likeness (QED) is 0.642. The molecular weight excluding hydrogens is 441 g/mol. The van der Waals surface area contributed by atoms with Gasteiger partial charge < -0.3 is 5.32 Å². The molecule has 1 fully saturated rings. The molecule has 3 atom stereocenters. The first-order chi connectivity index (χ1) is 14.7. The second kappa shape index (κ2) is 8.42. The predicted molar refractivity (Wildman–Crippen MR) is 117 cm³/mol. The fourth-order valence-electron chi connectivity index (χ4n) is 3.86. The molecule has 0 aromatic heterocycles. The van der Waals surface area contributed by atoms with E-state index in [0.29, 0.717) is 17.5 Å². The van der Waals surface area contributed by atoms with Crippen LogP contribution in [0.15, 0.2) is 30.3 Å². The number of sulfonamides is 1. The molecule has 5 nitrogen and oxygen atoms in total. The van der Waals surface area contributed by atoms with Crippen molar-refractivity contribution in [3.8, 4) is 0 Å². The van der Waals surface area contributed by atoms with Crippen LogP contribution in [0.4, 0.5) is 18.9 Å². The number of hydrogen-bond donors (Lipinski definition) is 2. The zero-order valence-electron chi connectivity index (χ0n) is 18.6. The van der Waals surface area contributed by atoms with E-state index in [-0.39, 0.29) is 23.1 Å². The Balaban J connectivity index is 1.67. The fourth-order valence-corrected chi connectivity index (χ4v) is 4.43. The summed E-state index contributed by atoms with van der Waals surface area (Å²) in [6.45, 7) is 6.87. The molecule has 0 heterocycles. The van der Waals surface area contributed by atoms with Crippen molar-refractivity contribution < 1.29 is 26.4 Å². The molecule has 174 valence electrons. The largest absolute Gasteiger partial charge is 0.349 e. The van der Waals surface area contributed by atoms with Crippen molar-refractivity contribution in [3.63, 3.8) is 0 Å². The fraction of sp³-hybridized carbons (Fsp3) is 0.435. The minimum atomic E-state index is -3.62. The second-order valence-corrected chi connectivity index (χ2v) is 11.2. The maximum Gasteiger partial charge on any atom is 0.229 e. The molecule has 32 heavy (non-hydrogen) atoms. The van der Waals surface area contributed by atoms with Crippen LogP contribution < -0.4 is 10.0 Å². The molecule has 0 aliphatic heterocycles. The Kier molecular flexibility index (Phi) is 6.34. The van der Waals surface area contributed by atoms with Crippen LogP contribution in [0.25, 0.3) is 0 Å². The SMILES string of the molecule is CC(NC(=O)C1CC1c1cc(F)c(C(C)(C)C)c(F)c1)c1ccc(NS(C)(=O)=O)c(F)c1. The molecule has 2 aromatic rings. The third kappa shape index (κ3) is 5.43. The smallest absolute Gasteiger partial charge is 0.229 e. The highest BCUT2D eigenvalue weighted by molar-refractivity contribution is 7.92. The number of amides is 1. The Bertz CT molecular complexity index is 1140. The summed E-state index contributed by atoms with van der Waals surface area (Å²) in [6.07, 6.45) is 1.39. The second-order valence-electron chi connectivity index (χ2n) is 9.40. The maximum absolute atomic E-state index is 14.5. The molecule has 1 saturated carbocycles. The van der Waals surface area contributed by atoms with Crippen molar-refractivity contribution in [3.05, 3.63) is 64.5 Å². The molecule has 0 bridgehead atoms. The number of nitrogens with one attached hydrogen (secondary N) is 2. The summed E-state index contributed by atoms with van der Waals surface area (Å²) < 4.78 is 67.9. The van der Waals surface area contributed by atoms with Crippen molar-refractivity contribution in [1.82, 2.24) is 5.32 Å². The van der Waals surface area contributed by atoms with E-state index < -0.39 is 44.8 Å². The van der Waals surface area contributed by atoms with Crippen LogP contribution in [0.3, 0.4) is 0 Å². The third-order valence-corrected chi connectivity index (χ3v) is 6.11. The normalized spacial score (nSPS) is 19.4. The van der Waals surface area contributed by atoms with E-state index >= 15 is 0 Å². The average Bonchev–Trinajstić information content (AvgIpc) is 3.41. The van der Waals surface area contributed by atoms with Gasteiger partial charge >= 0.3 is 0 Å². The van der Waals surface area contributed by atoms with Gasteiger partial charge in [-0.25, -0.2) is 21.6 Å². The van der Waals surface area contributed by atoms with Gasteiger partial charge in [-0.15, -0.1) is 0 Å². The molecule has 2 N–H and O–H groups in total. The zero-order valence-corrected chi connectivity index (χ0v) is 19.4. The Morgan fingerprint density at radius 2 is 1.66 bits per heavy atom. The molecule has 0 radical (unpaired) electrons. The molecule has 0 spiro atoms. The highest BCUT2D eigenvalue weighted by Gasteiger charge is 2.45. The van der Waals surface area contributed by atoms with Crippen molar-refractivity contribution in [2.45, 2.75) is 51.5 Å². The van der Waals surface area contributed by atoms with Crippen LogP contribution in [0.2, 0.25) is 0 Å². The van der Waals surface area contributed by atoms with Crippen molar-refractivity contribution in [2.75, 3.05) is 11.0 Å². The van der Waals surface area contributed by atoms with Crippen molar-refractivity contribution in [1.29, 1.82) is 0 Å². The van der Waals surface area contributed by atoms with E-state index in [1.165, 1.54) is 24.3 Å². The Morgan fingerprint density at radius 1 is 1.06 bits per heavy atom. The summed E-state index contributed by atoms with van der Waals surface area (Å²) in [6, 6.07) is 6.02. The van der Waals surface area contributed by atoms with Crippen LogP contribution in [0.1, 0.15) is 62.8 Å². The zero-order chi connectivity index (χ0) is 24.0. The summed E-state index contributed by atoms with van der Waals surface area (Å²) in [5.74, 6) is -2.99. The molecule has 1 aliphatic rings. The van der Waals surface area contributed by atoms with E-state index in [1.807, 2.05) is 0 Å². The first-order valence-corrected chi connectivity index (χ1v) is 12.1. The molecule has 9 heteroatoms. The van der Waals surface area contributed by atoms with Crippen molar-refractivity contribution in [2.24, 2.45) is 5.92 Å². The van der Waals surface area contributed by atoms with Gasteiger partial charge in [-0.1, -0.05) is 26.8 Å². The number of carbonyl (C=O) groups is 1. The van der Waals surface area contributed by atoms with Gasteiger partial charge in [-0.05, 0) is 60.1 Å². The summed E-state index contributed by atoms with van der Waals surface area (Å²) >= 11 is 0. The first kappa shape index (κ1) is 24.1. The van der Waals surface area contributed by atoms with Gasteiger partial charge in [0.05, 0.1) is 18.0 Å². The number of rotatable bonds is 6. The van der Waals surface area contributed by atoms with Gasteiger partial charge in [0.15, 0.2) is 0 Å². The summed E-state index contributed by atoms with van der Waals surface area (Å²) in [5.41, 5.74) is 0.0679. The van der Waals surface area contributed by atoms with Crippen LogP contribution in [-0.2, 0) is 20.2 Å². The van der Waals surface area contributed by atoms with E-state index in [1.54, 1.807) is 27.7 Å². The molecular formula is C23H27F3N2O3S. The lowest BCUT2D eigenvalue weighted by atomic mass is 9.85. The number of hydrogen-bond acceptors (Lipinski definition) is 3. The molecule has 1 aliphatic carbocycles. The molecule has 3 unspecified atom stereocenters. The van der Waals surface area contributed by atoms with Crippen LogP contribution in [0, 0.1) is 23.4 Å². The number of benzene rings is 2. The van der Waals surface area contributed by atoms with Crippen LogP contribution in [0.5, 0.6) is 0 Å². The Labute approximate surface area is 186 Å². The Morgan fingerprint density at radius 3 is 2.16 bits per heavy atom. The molecule has 0 saturated heterocycles. The van der Waals surface area contributed by atoms with Gasteiger partial charge in [0.1, 0.15) is 17.5 Å². The van der Waals surface area contributed by atoms with Crippen LogP contribution >= 0.6 is 0 Å². The van der Waals surface area contributed by atoms with E-state index in [2.05, 4.69) is 10.0 Å². The van der Waals surface area contributed by atoms with Gasteiger partial charge in [0, 0.05) is 11.5 Å². The lowest BCUT2D eigenvalue weighted by molar-refractivity contribution is -0.123. The number of halogens is 3. The minimum Gasteiger partial charge on any atom is -0.349 e. The number of anilines is 1. The molecule has 1 amide bonds. The van der Waals surface area contributed by atoms with E-state index in [4.69, 9.17) is 0 Å². The Hall–Kier alpha value is -2.55. The summed E-state index contributed by atoms with van der Waals surface area (Å²) in [7, 11) is -3.62. The number of carbonyl (C=O) groups excluding carboxylic acids is 1. The lowest BCUT2D eigenvalue weighted by Gasteiger charge is -2.21. The van der Waals surface area contributed by atoms with Gasteiger partial charge in [0.2, 0.25) is 15.9 Å². The monoisotopic (exact) mass is 468 g/mol. The maximum atomic E-state index is 14.5. The van der Waals surface area contributed by atoms with E-state index in [9.17, 15) is 26.4 Å². The topological polar surface area (TPSA) is 75.3 Å². The van der Waals surface area contributed by atoms with Gasteiger partial charge in [0.25, 0.3) is 0 Å². The van der Waals surface area contributed by atoms with Gasteiger partial charge in [-0.3, -0.25) is 9.52 Å². The van der Waals surface area contributed by atoms with Crippen LogP contribution in [-0.4, -0.2) is 20.6 Å². The summed E-state index contributed by atoms with van der Waals surface area (Å²) in [5, 5.41) is 2.79. The minimum absolute atomic E-state index is 0.0207. The first-order valence-electron chi connectivity index (χ1n) is 10.2.